The highest BCUT2D eigenvalue weighted by Crippen LogP contribution is 2.26. The van der Waals surface area contributed by atoms with Gasteiger partial charge in [-0.15, -0.1) is 0 Å². The Morgan fingerprint density at radius 1 is 1.06 bits per heavy atom. The summed E-state index contributed by atoms with van der Waals surface area (Å²) in [4.78, 5) is 12.8. The number of benzene rings is 2. The van der Waals surface area contributed by atoms with E-state index >= 15 is 0 Å². The van der Waals surface area contributed by atoms with E-state index in [1.165, 1.54) is 27.3 Å². The van der Waals surface area contributed by atoms with Gasteiger partial charge in [-0.1, -0.05) is 19.1 Å². The zero-order valence-corrected chi connectivity index (χ0v) is 19.9. The second kappa shape index (κ2) is 10.6. The molecule has 0 aliphatic carbocycles. The average molecular weight is 449 g/mol. The second-order valence-corrected chi connectivity index (χ2v) is 9.67. The number of nitrogens with zero attached hydrogens (tertiary/aromatic N) is 1. The molecule has 31 heavy (non-hydrogen) atoms. The predicted molar refractivity (Wildman–Crippen MR) is 121 cm³/mol. The molecule has 2 aromatic carbocycles. The number of hydrogen-bond donors (Lipinski definition) is 1. The van der Waals surface area contributed by atoms with Crippen LogP contribution in [0.25, 0.3) is 0 Å². The third-order valence-corrected chi connectivity index (χ3v) is 7.03. The first-order valence-electron chi connectivity index (χ1n) is 10.2. The van der Waals surface area contributed by atoms with E-state index in [9.17, 15) is 13.2 Å². The number of ether oxygens (including phenoxy) is 2. The summed E-state index contributed by atoms with van der Waals surface area (Å²) in [5, 5.41) is 3.07. The monoisotopic (exact) mass is 448 g/mol. The smallest absolute Gasteiger partial charge is 0.242 e. The van der Waals surface area contributed by atoms with Crippen molar-refractivity contribution < 1.29 is 22.7 Å². The number of carbonyl (C=O) groups excluding carboxylic acids is 1. The number of rotatable bonds is 10. The number of aryl methyl sites for hydroxylation is 2. The number of nitrogens with one attached hydrogen (secondary N) is 1. The molecule has 0 heterocycles. The van der Waals surface area contributed by atoms with Gasteiger partial charge in [0.05, 0.1) is 25.2 Å². The van der Waals surface area contributed by atoms with Crippen molar-refractivity contribution in [1.82, 2.24) is 9.62 Å². The fourth-order valence-electron chi connectivity index (χ4n) is 3.38. The van der Waals surface area contributed by atoms with Crippen molar-refractivity contribution in [2.75, 3.05) is 28.3 Å². The van der Waals surface area contributed by atoms with Crippen molar-refractivity contribution in [2.24, 2.45) is 0 Å². The molecule has 1 atom stereocenters. The Morgan fingerprint density at radius 2 is 1.71 bits per heavy atom. The predicted octanol–water partition coefficient (Wildman–Crippen LogP) is 3.46. The van der Waals surface area contributed by atoms with Crippen LogP contribution in [0.1, 0.15) is 42.5 Å². The van der Waals surface area contributed by atoms with Crippen molar-refractivity contribution in [2.45, 2.75) is 44.0 Å². The summed E-state index contributed by atoms with van der Waals surface area (Å²) in [5.41, 5.74) is 2.70. The molecule has 0 aliphatic heterocycles. The highest BCUT2D eigenvalue weighted by molar-refractivity contribution is 7.89. The first kappa shape index (κ1) is 24.7. The van der Waals surface area contributed by atoms with Gasteiger partial charge in [0, 0.05) is 20.5 Å². The van der Waals surface area contributed by atoms with Gasteiger partial charge < -0.3 is 14.8 Å². The number of amides is 1. The summed E-state index contributed by atoms with van der Waals surface area (Å²) in [6.07, 6.45) is 1.33. The maximum atomic E-state index is 12.7. The molecule has 0 saturated carbocycles. The normalized spacial score (nSPS) is 12.5. The number of carbonyl (C=O) groups is 1. The summed E-state index contributed by atoms with van der Waals surface area (Å²) in [6.45, 7) is 3.99. The lowest BCUT2D eigenvalue weighted by Crippen LogP contribution is -2.28. The Bertz CT molecular complexity index is 1020. The van der Waals surface area contributed by atoms with E-state index in [2.05, 4.69) is 5.32 Å². The number of sulfonamides is 1. The Morgan fingerprint density at radius 3 is 2.26 bits per heavy atom. The molecular weight excluding hydrogens is 416 g/mol. The molecule has 0 bridgehead atoms. The Balaban J connectivity index is 2.13. The Labute approximate surface area is 185 Å². The van der Waals surface area contributed by atoms with Crippen LogP contribution in [0, 0.1) is 6.92 Å². The quantitative estimate of drug-likeness (QED) is 0.602. The van der Waals surface area contributed by atoms with Crippen LogP contribution in [0.15, 0.2) is 41.3 Å². The molecule has 170 valence electrons. The molecule has 0 unspecified atom stereocenters. The third kappa shape index (κ3) is 5.98. The van der Waals surface area contributed by atoms with E-state index in [-0.39, 0.29) is 23.3 Å². The molecule has 0 aliphatic rings. The molecule has 0 radical (unpaired) electrons. The lowest BCUT2D eigenvalue weighted by atomic mass is 10.0. The van der Waals surface area contributed by atoms with Gasteiger partial charge in [0.15, 0.2) is 0 Å². The zero-order chi connectivity index (χ0) is 23.2. The van der Waals surface area contributed by atoms with Gasteiger partial charge in [0.25, 0.3) is 0 Å². The molecule has 1 amide bonds. The van der Waals surface area contributed by atoms with Crippen LogP contribution in [-0.4, -0.2) is 46.9 Å². The molecular formula is C23H32N2O5S. The molecule has 0 aromatic heterocycles. The van der Waals surface area contributed by atoms with Crippen LogP contribution in [-0.2, 0) is 21.2 Å². The van der Waals surface area contributed by atoms with Crippen LogP contribution in [0.3, 0.4) is 0 Å². The highest BCUT2D eigenvalue weighted by atomic mass is 32.2. The lowest BCUT2D eigenvalue weighted by Gasteiger charge is -2.19. The number of hydrogen-bond acceptors (Lipinski definition) is 5. The molecule has 7 nitrogen and oxygen atoms in total. The minimum Gasteiger partial charge on any atom is -0.496 e. The van der Waals surface area contributed by atoms with E-state index in [1.54, 1.807) is 19.2 Å². The minimum absolute atomic E-state index is 0.108. The van der Waals surface area contributed by atoms with Crippen LogP contribution >= 0.6 is 0 Å². The van der Waals surface area contributed by atoms with Gasteiger partial charge in [-0.25, -0.2) is 12.7 Å². The van der Waals surface area contributed by atoms with Crippen molar-refractivity contribution in [3.05, 3.63) is 53.1 Å². The first-order valence-corrected chi connectivity index (χ1v) is 11.6. The van der Waals surface area contributed by atoms with E-state index in [0.29, 0.717) is 17.7 Å². The summed E-state index contributed by atoms with van der Waals surface area (Å²) < 4.78 is 36.7. The maximum Gasteiger partial charge on any atom is 0.242 e. The largest absolute Gasteiger partial charge is 0.496 e. The van der Waals surface area contributed by atoms with Gasteiger partial charge in [-0.3, -0.25) is 4.79 Å². The minimum atomic E-state index is -3.56. The van der Waals surface area contributed by atoms with Crippen LogP contribution in [0.2, 0.25) is 0 Å². The van der Waals surface area contributed by atoms with E-state index < -0.39 is 10.0 Å². The molecule has 0 spiro atoms. The molecule has 2 rings (SSSR count). The average Bonchev–Trinajstić information content (AvgIpc) is 2.75. The Kier molecular flexibility index (Phi) is 8.47. The summed E-state index contributed by atoms with van der Waals surface area (Å²) in [6, 6.07) is 10.5. The van der Waals surface area contributed by atoms with Crippen molar-refractivity contribution in [3.8, 4) is 11.5 Å². The van der Waals surface area contributed by atoms with Crippen LogP contribution in [0.5, 0.6) is 11.5 Å². The van der Waals surface area contributed by atoms with E-state index in [1.807, 2.05) is 32.0 Å². The standard InChI is InChI=1S/C23H32N2O5S/c1-7-20(17-8-11-21(29-5)16(2)14-17)24-23(26)13-9-18-15-19(10-12-22(18)30-6)31(27,28)25(3)4/h8,10-12,14-15,20H,7,9,13H2,1-6H3,(H,24,26)/t20-/m1/s1. The van der Waals surface area contributed by atoms with E-state index in [4.69, 9.17) is 9.47 Å². The Hall–Kier alpha value is -2.58. The van der Waals surface area contributed by atoms with Crippen molar-refractivity contribution >= 4 is 15.9 Å². The fraction of sp³-hybridized carbons (Fsp3) is 0.435. The first-order chi connectivity index (χ1) is 14.6. The second-order valence-electron chi connectivity index (χ2n) is 7.52. The molecule has 0 saturated heterocycles. The van der Waals surface area contributed by atoms with Crippen LogP contribution < -0.4 is 14.8 Å². The highest BCUT2D eigenvalue weighted by Gasteiger charge is 2.20. The maximum absolute atomic E-state index is 12.7. The van der Waals surface area contributed by atoms with Gasteiger partial charge in [-0.05, 0) is 60.7 Å². The summed E-state index contributed by atoms with van der Waals surface area (Å²) in [7, 11) is 2.56. The molecule has 8 heteroatoms. The van der Waals surface area contributed by atoms with Crippen LogP contribution in [0.4, 0.5) is 0 Å². The SMILES string of the molecule is CC[C@@H](NC(=O)CCc1cc(S(=O)(=O)N(C)C)ccc1OC)c1ccc(OC)c(C)c1. The van der Waals surface area contributed by atoms with Gasteiger partial charge in [-0.2, -0.15) is 0 Å². The van der Waals surface area contributed by atoms with E-state index in [0.717, 1.165) is 27.6 Å². The molecule has 0 fully saturated rings. The fourth-order valence-corrected chi connectivity index (χ4v) is 4.33. The zero-order valence-electron chi connectivity index (χ0n) is 19.1. The number of methoxy groups -OCH3 is 2. The topological polar surface area (TPSA) is 84.9 Å². The summed E-state index contributed by atoms with van der Waals surface area (Å²) >= 11 is 0. The molecule has 1 N–H and O–H groups in total. The van der Waals surface area contributed by atoms with Crippen molar-refractivity contribution in [3.63, 3.8) is 0 Å². The van der Waals surface area contributed by atoms with Gasteiger partial charge in [0.1, 0.15) is 11.5 Å². The lowest BCUT2D eigenvalue weighted by molar-refractivity contribution is -0.121. The summed E-state index contributed by atoms with van der Waals surface area (Å²) in [5.74, 6) is 1.26. The molecule has 2 aromatic rings. The van der Waals surface area contributed by atoms with Gasteiger partial charge >= 0.3 is 0 Å². The van der Waals surface area contributed by atoms with Crippen molar-refractivity contribution in [1.29, 1.82) is 0 Å². The van der Waals surface area contributed by atoms with Gasteiger partial charge in [0.2, 0.25) is 15.9 Å². The third-order valence-electron chi connectivity index (χ3n) is 5.22.